The van der Waals surface area contributed by atoms with Gasteiger partial charge in [0.15, 0.2) is 23.1 Å². The summed E-state index contributed by atoms with van der Waals surface area (Å²) in [5.74, 6) is 3.28. The Kier molecular flexibility index (Phi) is 8.91. The number of nitrogens with one attached hydrogen (secondary N) is 2. The van der Waals surface area contributed by atoms with E-state index < -0.39 is 34.9 Å². The molecule has 2 aliphatic rings. The Hall–Kier alpha value is -6.43. The van der Waals surface area contributed by atoms with Crippen LogP contribution < -0.4 is 21.5 Å². The molecule has 268 valence electrons. The molecule has 6 aromatic carbocycles. The van der Waals surface area contributed by atoms with Crippen LogP contribution in [-0.4, -0.2) is 34.9 Å². The number of carbonyl (C=O) groups excluding carboxylic acids is 6. The van der Waals surface area contributed by atoms with E-state index in [1.54, 1.807) is 42.5 Å². The third-order valence-corrected chi connectivity index (χ3v) is 10.2. The van der Waals surface area contributed by atoms with Gasteiger partial charge in [-0.25, -0.2) is 5.84 Å². The lowest BCUT2D eigenvalue weighted by molar-refractivity contribution is 0.0978. The number of halogens is 3. The van der Waals surface area contributed by atoms with Crippen molar-refractivity contribution in [1.29, 1.82) is 0 Å². The molecule has 6 aromatic rings. The van der Waals surface area contributed by atoms with E-state index in [0.29, 0.717) is 5.02 Å². The molecule has 0 fully saturated rings. The second-order valence-corrected chi connectivity index (χ2v) is 13.9. The van der Waals surface area contributed by atoms with Crippen molar-refractivity contribution in [2.45, 2.75) is 0 Å². The van der Waals surface area contributed by atoms with Gasteiger partial charge in [0.25, 0.3) is 11.8 Å². The van der Waals surface area contributed by atoms with Gasteiger partial charge in [0.05, 0.1) is 55.6 Å². The van der Waals surface area contributed by atoms with Crippen LogP contribution in [0.4, 0.5) is 22.7 Å². The van der Waals surface area contributed by atoms with Crippen molar-refractivity contribution in [1.82, 2.24) is 0 Å². The number of amides is 2. The van der Waals surface area contributed by atoms with Crippen molar-refractivity contribution >= 4 is 92.5 Å². The Morgan fingerprint density at radius 2 is 0.945 bits per heavy atom. The summed E-state index contributed by atoms with van der Waals surface area (Å²) in [6.45, 7) is 0. The van der Waals surface area contributed by atoms with Crippen LogP contribution in [0.3, 0.4) is 0 Å². The van der Waals surface area contributed by atoms with E-state index in [0.717, 1.165) is 5.01 Å². The fraction of sp³-hybridized carbons (Fsp3) is 0. The van der Waals surface area contributed by atoms with Gasteiger partial charge in [0.2, 0.25) is 0 Å². The maximum atomic E-state index is 14.4. The highest BCUT2D eigenvalue weighted by atomic mass is 35.5. The zero-order valence-electron chi connectivity index (χ0n) is 28.1. The molecule has 0 aliphatic heterocycles. The standard InChI is InChI=1S/C42H23Cl3N4O6/c43-21-7-5-6-20(18-21)41(54)47-29-14-16-31(35-33(29)37(50)23-8-1-3-10-25(23)39(35)52)49(46)32-17-15-30(48-42(55)27-19-22(44)12-13-28(27)45)34-36(32)40(53)26-11-4-2-9-24(26)38(34)51/h1-19H,46H2,(H,47,54)(H,48,55). The van der Waals surface area contributed by atoms with Crippen molar-refractivity contribution in [3.63, 3.8) is 0 Å². The molecule has 10 nitrogen and oxygen atoms in total. The molecule has 55 heavy (non-hydrogen) atoms. The Labute approximate surface area is 327 Å². The molecule has 0 aromatic heterocycles. The highest BCUT2D eigenvalue weighted by Crippen LogP contribution is 2.43. The molecule has 0 bridgehead atoms. The Morgan fingerprint density at radius 1 is 0.491 bits per heavy atom. The second kappa shape index (κ2) is 13.8. The first-order valence-corrected chi connectivity index (χ1v) is 17.7. The van der Waals surface area contributed by atoms with E-state index in [2.05, 4.69) is 10.6 Å². The van der Waals surface area contributed by atoms with E-state index in [1.807, 2.05) is 0 Å². The maximum absolute atomic E-state index is 14.4. The molecule has 0 unspecified atom stereocenters. The molecule has 13 heteroatoms. The normalized spacial score (nSPS) is 12.7. The molecular weight excluding hydrogens is 763 g/mol. The average molecular weight is 786 g/mol. The molecule has 4 N–H and O–H groups in total. The van der Waals surface area contributed by atoms with E-state index >= 15 is 0 Å². The molecule has 0 saturated heterocycles. The van der Waals surface area contributed by atoms with Gasteiger partial charge >= 0.3 is 0 Å². The number of carbonyl (C=O) groups is 6. The lowest BCUT2D eigenvalue weighted by atomic mass is 9.81. The average Bonchev–Trinajstić information content (AvgIpc) is 3.19. The first-order valence-electron chi connectivity index (χ1n) is 16.5. The predicted octanol–water partition coefficient (Wildman–Crippen LogP) is 8.71. The number of nitrogens with two attached hydrogens (primary N) is 1. The van der Waals surface area contributed by atoms with E-state index in [1.165, 1.54) is 72.8 Å². The smallest absolute Gasteiger partial charge is 0.257 e. The SMILES string of the molecule is NN(c1ccc(NC(=O)c2cccc(Cl)c2)c2c1C(=O)c1ccccc1C2=O)c1ccc(NC(=O)c2cc(Cl)ccc2Cl)c2c1C(=O)c1ccccc1C2=O. The number of hydrogen-bond donors (Lipinski definition) is 3. The number of fused-ring (bicyclic) bond motifs is 4. The monoisotopic (exact) mass is 784 g/mol. The van der Waals surface area contributed by atoms with Gasteiger partial charge in [-0.3, -0.25) is 33.8 Å². The maximum Gasteiger partial charge on any atom is 0.257 e. The molecular formula is C42H23Cl3N4O6. The zero-order valence-corrected chi connectivity index (χ0v) is 30.3. The Morgan fingerprint density at radius 3 is 1.44 bits per heavy atom. The lowest BCUT2D eigenvalue weighted by Gasteiger charge is -2.30. The van der Waals surface area contributed by atoms with Crippen LogP contribution in [0, 0.1) is 0 Å². The first-order chi connectivity index (χ1) is 26.4. The fourth-order valence-corrected chi connectivity index (χ4v) is 7.40. The number of anilines is 4. The number of nitrogens with zero attached hydrogens (tertiary/aromatic N) is 1. The van der Waals surface area contributed by atoms with Crippen LogP contribution in [0.5, 0.6) is 0 Å². The highest BCUT2D eigenvalue weighted by Gasteiger charge is 2.39. The van der Waals surface area contributed by atoms with Gasteiger partial charge in [-0.1, -0.05) is 89.4 Å². The third-order valence-electron chi connectivity index (χ3n) is 9.38. The Balaban J connectivity index is 1.29. The summed E-state index contributed by atoms with van der Waals surface area (Å²) in [4.78, 5) is 84.0. The number of hydrazine groups is 1. The largest absolute Gasteiger partial charge is 0.321 e. The van der Waals surface area contributed by atoms with E-state index in [4.69, 9.17) is 40.6 Å². The fourth-order valence-electron chi connectivity index (χ4n) is 6.84. The van der Waals surface area contributed by atoms with Crippen molar-refractivity contribution < 1.29 is 28.8 Å². The lowest BCUT2D eigenvalue weighted by Crippen LogP contribution is -2.34. The molecule has 0 atom stereocenters. The van der Waals surface area contributed by atoms with Gasteiger partial charge < -0.3 is 10.6 Å². The minimum atomic E-state index is -0.696. The van der Waals surface area contributed by atoms with Gasteiger partial charge in [-0.15, -0.1) is 0 Å². The van der Waals surface area contributed by atoms with Crippen molar-refractivity contribution in [3.8, 4) is 0 Å². The van der Waals surface area contributed by atoms with Crippen LogP contribution in [-0.2, 0) is 0 Å². The van der Waals surface area contributed by atoms with Gasteiger partial charge in [0, 0.05) is 37.9 Å². The van der Waals surface area contributed by atoms with Crippen LogP contribution in [0.25, 0.3) is 0 Å². The van der Waals surface area contributed by atoms with Crippen molar-refractivity contribution in [3.05, 3.63) is 186 Å². The van der Waals surface area contributed by atoms with Crippen molar-refractivity contribution in [2.24, 2.45) is 5.84 Å². The van der Waals surface area contributed by atoms with Gasteiger partial charge in [-0.05, 0) is 60.7 Å². The highest BCUT2D eigenvalue weighted by molar-refractivity contribution is 6.37. The molecule has 0 saturated carbocycles. The summed E-state index contributed by atoms with van der Waals surface area (Å²) in [5, 5.41) is 7.15. The molecule has 2 aliphatic carbocycles. The molecule has 0 spiro atoms. The second-order valence-electron chi connectivity index (χ2n) is 12.6. The molecule has 2 amide bonds. The minimum Gasteiger partial charge on any atom is -0.321 e. The van der Waals surface area contributed by atoms with Crippen LogP contribution in [0.15, 0.2) is 115 Å². The number of rotatable bonds is 6. The summed E-state index contributed by atoms with van der Waals surface area (Å²) in [6, 6.07) is 28.7. The van der Waals surface area contributed by atoms with E-state index in [-0.39, 0.29) is 88.4 Å². The molecule has 0 radical (unpaired) electrons. The zero-order chi connectivity index (χ0) is 38.7. The van der Waals surface area contributed by atoms with Crippen molar-refractivity contribution in [2.75, 3.05) is 15.6 Å². The predicted molar refractivity (Wildman–Crippen MR) is 210 cm³/mol. The van der Waals surface area contributed by atoms with Gasteiger partial charge in [0.1, 0.15) is 0 Å². The quantitative estimate of drug-likeness (QED) is 0.112. The summed E-state index contributed by atoms with van der Waals surface area (Å²) in [6.07, 6.45) is 0. The Bertz CT molecular complexity index is 2750. The number of hydrogen-bond acceptors (Lipinski definition) is 8. The number of ketones is 4. The first kappa shape index (κ1) is 35.6. The summed E-state index contributed by atoms with van der Waals surface area (Å²) >= 11 is 18.5. The molecule has 0 heterocycles. The molecule has 8 rings (SSSR count). The summed E-state index contributed by atoms with van der Waals surface area (Å²) < 4.78 is 0. The third kappa shape index (κ3) is 5.98. The summed E-state index contributed by atoms with van der Waals surface area (Å²) in [7, 11) is 0. The number of benzene rings is 6. The van der Waals surface area contributed by atoms with Gasteiger partial charge in [-0.2, -0.15) is 0 Å². The van der Waals surface area contributed by atoms with Crippen LogP contribution in [0.2, 0.25) is 15.1 Å². The van der Waals surface area contributed by atoms with Crippen LogP contribution in [0.1, 0.15) is 84.4 Å². The summed E-state index contributed by atoms with van der Waals surface area (Å²) in [5.41, 5.74) is 0.0608. The van der Waals surface area contributed by atoms with Crippen LogP contribution >= 0.6 is 34.8 Å². The topological polar surface area (TPSA) is 156 Å². The minimum absolute atomic E-state index is 0.00703. The van der Waals surface area contributed by atoms with E-state index in [9.17, 15) is 28.8 Å².